The van der Waals surface area contributed by atoms with E-state index in [1.165, 1.54) is 17.0 Å². The molecule has 21 heavy (non-hydrogen) atoms. The summed E-state index contributed by atoms with van der Waals surface area (Å²) in [4.78, 5) is 1.17. The second kappa shape index (κ2) is 7.61. The molecule has 1 aromatic carbocycles. The highest BCUT2D eigenvalue weighted by Crippen LogP contribution is 2.11. The maximum Gasteiger partial charge on any atom is 0.126 e. The Morgan fingerprint density at radius 3 is 2.57 bits per heavy atom. The molecule has 6 heteroatoms. The van der Waals surface area contributed by atoms with E-state index in [-0.39, 0.29) is 6.42 Å². The van der Waals surface area contributed by atoms with E-state index in [4.69, 9.17) is 5.73 Å². The van der Waals surface area contributed by atoms with Crippen LogP contribution < -0.4 is 11.1 Å². The number of hydrogen-bond donors (Lipinski definition) is 3. The molecule has 0 aliphatic heterocycles. The van der Waals surface area contributed by atoms with Crippen LogP contribution in [0.5, 0.6) is 0 Å². The minimum absolute atomic E-state index is 0.219. The van der Waals surface area contributed by atoms with Crippen LogP contribution in [0.15, 0.2) is 35.7 Å². The van der Waals surface area contributed by atoms with Crippen LogP contribution in [-0.2, 0) is 13.0 Å². The van der Waals surface area contributed by atoms with Gasteiger partial charge in [0.05, 0.1) is 6.10 Å². The number of aliphatic hydroxyl groups excluding tert-OH is 1. The average molecular weight is 312 g/mol. The Balaban J connectivity index is 1.80. The third kappa shape index (κ3) is 5.17. The van der Waals surface area contributed by atoms with Gasteiger partial charge in [0.15, 0.2) is 0 Å². The van der Waals surface area contributed by atoms with Gasteiger partial charge in [0.2, 0.25) is 0 Å². The summed E-state index contributed by atoms with van der Waals surface area (Å²) in [5.41, 5.74) is 6.32. The van der Waals surface area contributed by atoms with Crippen LogP contribution in [0.25, 0.3) is 0 Å². The number of nitrogens with one attached hydrogen (secondary N) is 1. The third-order valence-electron chi connectivity index (χ3n) is 3.12. The van der Waals surface area contributed by atoms with E-state index in [2.05, 4.69) is 5.32 Å². The van der Waals surface area contributed by atoms with Crippen molar-refractivity contribution in [1.29, 1.82) is 0 Å². The summed E-state index contributed by atoms with van der Waals surface area (Å²) in [6, 6.07) is 6.65. The van der Waals surface area contributed by atoms with E-state index < -0.39 is 23.8 Å². The fourth-order valence-corrected chi connectivity index (χ4v) is 2.72. The Labute approximate surface area is 126 Å². The summed E-state index contributed by atoms with van der Waals surface area (Å²) in [6.45, 7) is 0.993. The van der Waals surface area contributed by atoms with E-state index in [0.717, 1.165) is 6.07 Å². The molecule has 1 aromatic heterocycles. The van der Waals surface area contributed by atoms with Gasteiger partial charge in [0, 0.05) is 30.1 Å². The van der Waals surface area contributed by atoms with Crippen molar-refractivity contribution < 1.29 is 13.9 Å². The van der Waals surface area contributed by atoms with E-state index >= 15 is 0 Å². The minimum Gasteiger partial charge on any atom is -0.390 e. The van der Waals surface area contributed by atoms with Gasteiger partial charge in [-0.05, 0) is 35.6 Å². The Bertz CT molecular complexity index is 543. The van der Waals surface area contributed by atoms with E-state index in [0.29, 0.717) is 18.7 Å². The van der Waals surface area contributed by atoms with Crippen molar-refractivity contribution in [3.8, 4) is 0 Å². The van der Waals surface area contributed by atoms with Gasteiger partial charge in [-0.1, -0.05) is 6.07 Å². The van der Waals surface area contributed by atoms with Crippen molar-refractivity contribution in [3.05, 3.63) is 57.8 Å². The van der Waals surface area contributed by atoms with Crippen LogP contribution in [0.4, 0.5) is 8.78 Å². The molecule has 0 unspecified atom stereocenters. The lowest BCUT2D eigenvalue weighted by atomic mass is 10.0. The van der Waals surface area contributed by atoms with Gasteiger partial charge in [-0.15, -0.1) is 11.3 Å². The Morgan fingerprint density at radius 2 is 1.95 bits per heavy atom. The minimum atomic E-state index is -0.781. The molecule has 4 N–H and O–H groups in total. The fourth-order valence-electron chi connectivity index (χ4n) is 2.04. The van der Waals surface area contributed by atoms with Crippen molar-refractivity contribution >= 4 is 11.3 Å². The van der Waals surface area contributed by atoms with Crippen molar-refractivity contribution in [2.24, 2.45) is 5.73 Å². The normalized spacial score (nSPS) is 14.1. The molecule has 2 aromatic rings. The zero-order chi connectivity index (χ0) is 15.2. The molecule has 0 amide bonds. The summed E-state index contributed by atoms with van der Waals surface area (Å²) in [5.74, 6) is -1.27. The van der Waals surface area contributed by atoms with Crippen molar-refractivity contribution in [1.82, 2.24) is 5.32 Å². The molecule has 0 radical (unpaired) electrons. The summed E-state index contributed by atoms with van der Waals surface area (Å²) in [5, 5.41) is 15.1. The van der Waals surface area contributed by atoms with Gasteiger partial charge >= 0.3 is 0 Å². The second-order valence-corrected chi connectivity index (χ2v) is 5.96. The Hall–Kier alpha value is -1.34. The molecule has 3 nitrogen and oxygen atoms in total. The first kappa shape index (κ1) is 16.0. The van der Waals surface area contributed by atoms with Gasteiger partial charge in [-0.2, -0.15) is 0 Å². The van der Waals surface area contributed by atoms with Crippen LogP contribution in [0.3, 0.4) is 0 Å². The molecular weight excluding hydrogens is 294 g/mol. The first-order chi connectivity index (χ1) is 10.0. The first-order valence-electron chi connectivity index (χ1n) is 6.66. The van der Waals surface area contributed by atoms with E-state index in [1.54, 1.807) is 11.3 Å². The number of nitrogens with two attached hydrogens (primary N) is 1. The maximum absolute atomic E-state index is 13.1. The molecule has 2 rings (SSSR count). The maximum atomic E-state index is 13.1. The molecule has 114 valence electrons. The van der Waals surface area contributed by atoms with Gasteiger partial charge in [-0.25, -0.2) is 8.78 Å². The SMILES string of the molecule is N[C@@H](Cc1cc(F)cc(F)c1)[C@H](O)CNCc1cccs1. The van der Waals surface area contributed by atoms with Gasteiger partial charge in [0.1, 0.15) is 11.6 Å². The van der Waals surface area contributed by atoms with Gasteiger partial charge < -0.3 is 16.2 Å². The Kier molecular flexibility index (Phi) is 5.81. The quantitative estimate of drug-likeness (QED) is 0.733. The summed E-state index contributed by atoms with van der Waals surface area (Å²) >= 11 is 1.63. The number of thiophene rings is 1. The third-order valence-corrected chi connectivity index (χ3v) is 4.00. The lowest BCUT2D eigenvalue weighted by Crippen LogP contribution is -2.42. The van der Waals surface area contributed by atoms with Crippen LogP contribution in [-0.4, -0.2) is 23.8 Å². The van der Waals surface area contributed by atoms with Crippen molar-refractivity contribution in [2.75, 3.05) is 6.54 Å². The average Bonchev–Trinajstić information content (AvgIpc) is 2.90. The highest BCUT2D eigenvalue weighted by atomic mass is 32.1. The number of hydrogen-bond acceptors (Lipinski definition) is 4. The molecule has 0 saturated carbocycles. The van der Waals surface area contributed by atoms with Gasteiger partial charge in [0.25, 0.3) is 0 Å². The summed E-state index contributed by atoms with van der Waals surface area (Å²) in [7, 11) is 0. The van der Waals surface area contributed by atoms with Crippen LogP contribution in [0.1, 0.15) is 10.4 Å². The smallest absolute Gasteiger partial charge is 0.126 e. The van der Waals surface area contributed by atoms with Gasteiger partial charge in [-0.3, -0.25) is 0 Å². The molecule has 0 saturated heterocycles. The van der Waals surface area contributed by atoms with Crippen LogP contribution in [0, 0.1) is 11.6 Å². The van der Waals surface area contributed by atoms with E-state index in [9.17, 15) is 13.9 Å². The topological polar surface area (TPSA) is 58.3 Å². The molecular formula is C15H18F2N2OS. The lowest BCUT2D eigenvalue weighted by molar-refractivity contribution is 0.141. The number of rotatable bonds is 7. The second-order valence-electron chi connectivity index (χ2n) is 4.92. The molecule has 1 heterocycles. The Morgan fingerprint density at radius 1 is 1.24 bits per heavy atom. The molecule has 0 bridgehead atoms. The summed E-state index contributed by atoms with van der Waals surface area (Å²) < 4.78 is 26.2. The summed E-state index contributed by atoms with van der Waals surface area (Å²) in [6.07, 6.45) is -0.562. The molecule has 0 aliphatic rings. The predicted molar refractivity (Wildman–Crippen MR) is 80.1 cm³/mol. The largest absolute Gasteiger partial charge is 0.390 e. The zero-order valence-electron chi connectivity index (χ0n) is 11.4. The standard InChI is InChI=1S/C15H18F2N2OS/c16-11-4-10(5-12(17)7-11)6-14(18)15(20)9-19-8-13-2-1-3-21-13/h1-5,7,14-15,19-20H,6,8-9,18H2/t14-,15+/m0/s1. The monoisotopic (exact) mass is 312 g/mol. The van der Waals surface area contributed by atoms with Crippen molar-refractivity contribution in [3.63, 3.8) is 0 Å². The van der Waals surface area contributed by atoms with Crippen LogP contribution >= 0.6 is 11.3 Å². The molecule has 0 aliphatic carbocycles. The van der Waals surface area contributed by atoms with E-state index in [1.807, 2.05) is 17.5 Å². The first-order valence-corrected chi connectivity index (χ1v) is 7.54. The predicted octanol–water partition coefficient (Wildman–Crippen LogP) is 2.05. The highest BCUT2D eigenvalue weighted by molar-refractivity contribution is 7.09. The highest BCUT2D eigenvalue weighted by Gasteiger charge is 2.16. The number of halogens is 2. The molecule has 2 atom stereocenters. The fraction of sp³-hybridized carbons (Fsp3) is 0.333. The lowest BCUT2D eigenvalue weighted by Gasteiger charge is -2.19. The number of benzene rings is 1. The molecule has 0 spiro atoms. The molecule has 0 fully saturated rings. The van der Waals surface area contributed by atoms with Crippen molar-refractivity contribution in [2.45, 2.75) is 25.1 Å². The zero-order valence-corrected chi connectivity index (χ0v) is 12.2. The number of aliphatic hydroxyl groups is 1. The van der Waals surface area contributed by atoms with Crippen LogP contribution in [0.2, 0.25) is 0 Å².